The Kier molecular flexibility index (Phi) is 6.59. The van der Waals surface area contributed by atoms with Crippen LogP contribution in [0.3, 0.4) is 0 Å². The second-order valence-electron chi connectivity index (χ2n) is 9.99. The molecule has 0 spiro atoms. The minimum absolute atomic E-state index is 0.209. The highest BCUT2D eigenvalue weighted by atomic mass is 32.2. The van der Waals surface area contributed by atoms with Crippen molar-refractivity contribution in [2.75, 3.05) is 0 Å². The highest BCUT2D eigenvalue weighted by Gasteiger charge is 2.38. The third-order valence-corrected chi connectivity index (χ3v) is 8.94. The molecule has 0 fully saturated rings. The van der Waals surface area contributed by atoms with Gasteiger partial charge >= 0.3 is 0 Å². The van der Waals surface area contributed by atoms with Crippen LogP contribution in [0.1, 0.15) is 77.8 Å². The quantitative estimate of drug-likeness (QED) is 0.416. The van der Waals surface area contributed by atoms with Crippen LogP contribution in [0, 0.1) is 10.3 Å². The number of allylic oxidation sites excluding steroid dienone is 5. The number of aryl methyl sites for hydroxylation is 1. The van der Waals surface area contributed by atoms with Gasteiger partial charge in [0.1, 0.15) is 11.4 Å². The maximum atomic E-state index is 12.0. The third-order valence-electron chi connectivity index (χ3n) is 7.37. The van der Waals surface area contributed by atoms with Crippen molar-refractivity contribution in [2.24, 2.45) is 10.6 Å². The Morgan fingerprint density at radius 1 is 1.12 bits per heavy atom. The summed E-state index contributed by atoms with van der Waals surface area (Å²) in [5, 5.41) is 5.44. The first-order valence-corrected chi connectivity index (χ1v) is 13.0. The number of fused-ring (bicyclic) bond motifs is 4. The van der Waals surface area contributed by atoms with Crippen LogP contribution in [-0.2, 0) is 6.42 Å². The smallest absolute Gasteiger partial charge is 0.158 e. The molecule has 0 radical (unpaired) electrons. The Balaban J connectivity index is 2.07. The summed E-state index contributed by atoms with van der Waals surface area (Å²) in [7, 11) is 0. The van der Waals surface area contributed by atoms with Gasteiger partial charge in [0.2, 0.25) is 0 Å². The van der Waals surface area contributed by atoms with Crippen LogP contribution in [0.5, 0.6) is 5.75 Å². The number of hydrogen-bond donors (Lipinski definition) is 0. The van der Waals surface area contributed by atoms with Gasteiger partial charge in [0.15, 0.2) is 4.93 Å². The standard InChI is InChI=1S/C29H35NO2S/c1-7-11-21-19(8-2)12-14-28(5,6)15-13-20-16-24(30-31)22-18-26-25(17-23(22)27(20)21)32-29(9-3,10-4)33-26/h7-8,11,16-18H,2,9-10,12-15H2,1,3-6H3/b11-7-,21-19-. The SMILES string of the molecule is C=C/C1=C(\C=C/C)c2c(cc(N=O)c3cc4c(cc23)OC(CC)(CC)S4)CCC(C)(C)CC1. The molecular weight excluding hydrogens is 426 g/mol. The molecule has 0 saturated heterocycles. The topological polar surface area (TPSA) is 38.7 Å². The van der Waals surface area contributed by atoms with Crippen molar-refractivity contribution in [3.8, 4) is 5.75 Å². The molecule has 0 unspecified atom stereocenters. The molecule has 2 aromatic rings. The average Bonchev–Trinajstić information content (AvgIpc) is 3.20. The van der Waals surface area contributed by atoms with E-state index in [-0.39, 0.29) is 10.3 Å². The zero-order valence-electron chi connectivity index (χ0n) is 20.6. The first kappa shape index (κ1) is 23.8. The second-order valence-corrected chi connectivity index (χ2v) is 11.4. The van der Waals surface area contributed by atoms with E-state index in [1.807, 2.05) is 12.1 Å². The molecule has 0 atom stereocenters. The van der Waals surface area contributed by atoms with Crippen molar-refractivity contribution in [1.29, 1.82) is 0 Å². The summed E-state index contributed by atoms with van der Waals surface area (Å²) >= 11 is 1.77. The van der Waals surface area contributed by atoms with E-state index in [1.54, 1.807) is 11.8 Å². The Morgan fingerprint density at radius 3 is 2.48 bits per heavy atom. The molecule has 0 amide bonds. The van der Waals surface area contributed by atoms with Crippen molar-refractivity contribution in [1.82, 2.24) is 0 Å². The lowest BCUT2D eigenvalue weighted by Crippen LogP contribution is -2.26. The zero-order valence-corrected chi connectivity index (χ0v) is 21.4. The number of rotatable bonds is 5. The maximum absolute atomic E-state index is 12.0. The fraction of sp³-hybridized carbons (Fsp3) is 0.448. The lowest BCUT2D eigenvalue weighted by Gasteiger charge is -2.24. The van der Waals surface area contributed by atoms with Gasteiger partial charge in [-0.25, -0.2) is 0 Å². The van der Waals surface area contributed by atoms with E-state index in [1.165, 1.54) is 22.3 Å². The molecule has 174 valence electrons. The maximum Gasteiger partial charge on any atom is 0.158 e. The Labute approximate surface area is 202 Å². The molecule has 1 aliphatic carbocycles. The Hall–Kier alpha value is -2.33. The predicted octanol–water partition coefficient (Wildman–Crippen LogP) is 9.51. The number of hydrogen-bond acceptors (Lipinski definition) is 4. The van der Waals surface area contributed by atoms with Gasteiger partial charge in [-0.15, -0.1) is 4.91 Å². The van der Waals surface area contributed by atoms with Gasteiger partial charge in [-0.1, -0.05) is 64.3 Å². The molecule has 0 bridgehead atoms. The average molecular weight is 462 g/mol. The van der Waals surface area contributed by atoms with E-state index in [0.717, 1.165) is 59.9 Å². The summed E-state index contributed by atoms with van der Waals surface area (Å²) < 4.78 is 6.53. The molecule has 2 aromatic carbocycles. The minimum atomic E-state index is -0.237. The highest BCUT2D eigenvalue weighted by molar-refractivity contribution is 8.00. The number of nitrogens with zero attached hydrogens (tertiary/aromatic N) is 1. The van der Waals surface area contributed by atoms with E-state index in [4.69, 9.17) is 4.74 Å². The summed E-state index contributed by atoms with van der Waals surface area (Å²) in [6.07, 6.45) is 12.2. The van der Waals surface area contributed by atoms with Crippen LogP contribution >= 0.6 is 11.8 Å². The lowest BCUT2D eigenvalue weighted by atomic mass is 9.81. The van der Waals surface area contributed by atoms with Crippen molar-refractivity contribution in [3.05, 3.63) is 64.6 Å². The monoisotopic (exact) mass is 461 g/mol. The molecule has 0 saturated carbocycles. The molecule has 2 aliphatic rings. The summed E-state index contributed by atoms with van der Waals surface area (Å²) in [6, 6.07) is 6.30. The largest absolute Gasteiger partial charge is 0.475 e. The van der Waals surface area contributed by atoms with E-state index >= 15 is 0 Å². The van der Waals surface area contributed by atoms with E-state index < -0.39 is 0 Å². The molecule has 1 heterocycles. The van der Waals surface area contributed by atoms with Gasteiger partial charge in [-0.3, -0.25) is 0 Å². The highest BCUT2D eigenvalue weighted by Crippen LogP contribution is 2.54. The Bertz CT molecular complexity index is 1170. The fourth-order valence-corrected chi connectivity index (χ4v) is 6.31. The van der Waals surface area contributed by atoms with Crippen LogP contribution in [-0.4, -0.2) is 4.93 Å². The van der Waals surface area contributed by atoms with Gasteiger partial charge in [-0.05, 0) is 102 Å². The van der Waals surface area contributed by atoms with Crippen molar-refractivity contribution in [2.45, 2.75) is 83.0 Å². The number of thioether (sulfide) groups is 1. The molecular formula is C29H35NO2S. The van der Waals surface area contributed by atoms with Crippen LogP contribution < -0.4 is 4.74 Å². The minimum Gasteiger partial charge on any atom is -0.475 e. The van der Waals surface area contributed by atoms with Crippen molar-refractivity contribution in [3.63, 3.8) is 0 Å². The fourth-order valence-electron chi connectivity index (χ4n) is 5.11. The van der Waals surface area contributed by atoms with Gasteiger partial charge < -0.3 is 4.74 Å². The number of ether oxygens (including phenoxy) is 1. The molecule has 1 aliphatic heterocycles. The van der Waals surface area contributed by atoms with Crippen LogP contribution in [0.4, 0.5) is 5.69 Å². The zero-order chi connectivity index (χ0) is 23.8. The first-order valence-electron chi connectivity index (χ1n) is 12.1. The van der Waals surface area contributed by atoms with E-state index in [0.29, 0.717) is 5.69 Å². The van der Waals surface area contributed by atoms with Crippen molar-refractivity contribution >= 4 is 33.8 Å². The second kappa shape index (κ2) is 9.13. The lowest BCUT2D eigenvalue weighted by molar-refractivity contribution is 0.164. The van der Waals surface area contributed by atoms with Gasteiger partial charge in [-0.2, -0.15) is 0 Å². The van der Waals surface area contributed by atoms with Gasteiger partial charge in [0.25, 0.3) is 0 Å². The molecule has 4 heteroatoms. The van der Waals surface area contributed by atoms with Crippen LogP contribution in [0.2, 0.25) is 0 Å². The molecule has 0 aromatic heterocycles. The van der Waals surface area contributed by atoms with Gasteiger partial charge in [0.05, 0.1) is 4.90 Å². The van der Waals surface area contributed by atoms with E-state index in [2.05, 4.69) is 70.7 Å². The molecule has 33 heavy (non-hydrogen) atoms. The third kappa shape index (κ3) is 4.30. The summed E-state index contributed by atoms with van der Waals surface area (Å²) in [5.41, 5.74) is 5.57. The molecule has 3 nitrogen and oxygen atoms in total. The first-order chi connectivity index (χ1) is 15.8. The molecule has 4 rings (SSSR count). The summed E-state index contributed by atoms with van der Waals surface area (Å²) in [4.78, 5) is 12.9. The van der Waals surface area contributed by atoms with E-state index in [9.17, 15) is 4.91 Å². The summed E-state index contributed by atoms with van der Waals surface area (Å²) in [6.45, 7) is 15.2. The summed E-state index contributed by atoms with van der Waals surface area (Å²) in [5.74, 6) is 0.918. The van der Waals surface area contributed by atoms with Crippen LogP contribution in [0.25, 0.3) is 16.3 Å². The normalized spacial score (nSPS) is 21.6. The molecule has 0 N–H and O–H groups in total. The van der Waals surface area contributed by atoms with Gasteiger partial charge in [0, 0.05) is 5.39 Å². The Morgan fingerprint density at radius 2 is 1.85 bits per heavy atom. The van der Waals surface area contributed by atoms with Crippen molar-refractivity contribution < 1.29 is 4.74 Å². The van der Waals surface area contributed by atoms with Crippen LogP contribution in [0.15, 0.2) is 58.7 Å². The predicted molar refractivity (Wildman–Crippen MR) is 142 cm³/mol. The number of nitroso groups, excluding NO2 is 1. The number of benzene rings is 2.